The van der Waals surface area contributed by atoms with E-state index in [9.17, 15) is 4.79 Å². The van der Waals surface area contributed by atoms with Gasteiger partial charge >= 0.3 is 25.4 Å². The van der Waals surface area contributed by atoms with Crippen LogP contribution in [0.2, 0.25) is 0 Å². The van der Waals surface area contributed by atoms with Gasteiger partial charge in [-0.15, -0.1) is 0 Å². The first kappa shape index (κ1) is 24.2. The third-order valence-electron chi connectivity index (χ3n) is 4.45. The van der Waals surface area contributed by atoms with E-state index in [-0.39, 0.29) is 56.2 Å². The quantitative estimate of drug-likeness (QED) is 0.292. The number of esters is 1. The van der Waals surface area contributed by atoms with Crippen molar-refractivity contribution in [2.24, 2.45) is 0 Å². The summed E-state index contributed by atoms with van der Waals surface area (Å²) >= 11 is 0. The Bertz CT molecular complexity index is 901. The first-order valence-electron chi connectivity index (χ1n) is 8.41. The topological polar surface area (TPSA) is 35.5 Å². The molecule has 0 atom stereocenters. The normalized spacial score (nSPS) is 11.3. The monoisotopic (exact) mass is 464 g/mol. The summed E-state index contributed by atoms with van der Waals surface area (Å²) in [5.74, 6) is 1.29. The second-order valence-corrected chi connectivity index (χ2v) is 5.92. The van der Waals surface area contributed by atoms with Crippen LogP contribution in [0.1, 0.15) is 39.9 Å². The van der Waals surface area contributed by atoms with Crippen molar-refractivity contribution in [3.63, 3.8) is 0 Å². The maximum atomic E-state index is 12.5. The fourth-order valence-corrected chi connectivity index (χ4v) is 3.39. The molecule has 28 heavy (non-hydrogen) atoms. The van der Waals surface area contributed by atoms with Crippen LogP contribution in [0.5, 0.6) is 11.5 Å². The molecule has 3 aromatic rings. The van der Waals surface area contributed by atoms with Gasteiger partial charge < -0.3 is 34.3 Å². The summed E-state index contributed by atoms with van der Waals surface area (Å²) in [5, 5.41) is 0. The maximum absolute atomic E-state index is 12.5. The summed E-state index contributed by atoms with van der Waals surface area (Å²) < 4.78 is 11.3. The molecule has 0 aromatic heterocycles. The van der Waals surface area contributed by atoms with Gasteiger partial charge in [0.25, 0.3) is 0 Å². The molecule has 1 aliphatic rings. The van der Waals surface area contributed by atoms with E-state index in [0.717, 1.165) is 28.2 Å². The van der Waals surface area contributed by atoms with E-state index in [4.69, 9.17) is 9.47 Å². The zero-order chi connectivity index (χ0) is 17.2. The molecular weight excluding hydrogens is 449 g/mol. The van der Waals surface area contributed by atoms with Crippen molar-refractivity contribution in [3.05, 3.63) is 95.1 Å². The van der Waals surface area contributed by atoms with Gasteiger partial charge in [0.1, 0.15) is 11.5 Å². The third-order valence-corrected chi connectivity index (χ3v) is 4.45. The van der Waals surface area contributed by atoms with E-state index in [1.807, 2.05) is 67.6 Å². The number of fused-ring (bicyclic) bond motifs is 2. The first-order chi connectivity index (χ1) is 12.3. The van der Waals surface area contributed by atoms with Crippen molar-refractivity contribution < 1.29 is 58.6 Å². The molecule has 0 N–H and O–H groups in total. The van der Waals surface area contributed by atoms with Crippen LogP contribution in [0, 0.1) is 0 Å². The van der Waals surface area contributed by atoms with Crippen LogP contribution in [0.15, 0.2) is 72.8 Å². The summed E-state index contributed by atoms with van der Waals surface area (Å²) in [6.07, 6.45) is 0. The number of hydrogen-bond donors (Lipinski definition) is 0. The van der Waals surface area contributed by atoms with Gasteiger partial charge in [-0.25, -0.2) is 4.79 Å². The Hall–Kier alpha value is -1.87. The second kappa shape index (κ2) is 10.6. The van der Waals surface area contributed by atoms with Gasteiger partial charge in [0.05, 0.1) is 12.2 Å². The van der Waals surface area contributed by atoms with Gasteiger partial charge in [-0.3, -0.25) is 0 Å². The van der Waals surface area contributed by atoms with Crippen LogP contribution in [0.3, 0.4) is 0 Å². The minimum atomic E-state index is -0.292. The summed E-state index contributed by atoms with van der Waals surface area (Å²) in [6, 6.07) is 23.6. The van der Waals surface area contributed by atoms with E-state index >= 15 is 0 Å². The zero-order valence-corrected chi connectivity index (χ0v) is 19.9. The van der Waals surface area contributed by atoms with Crippen molar-refractivity contribution in [1.82, 2.24) is 0 Å². The van der Waals surface area contributed by atoms with Crippen LogP contribution in [-0.2, 0) is 24.2 Å². The molecule has 1 aliphatic heterocycles. The predicted molar refractivity (Wildman–Crippen MR) is 96.3 cm³/mol. The summed E-state index contributed by atoms with van der Waals surface area (Å²) in [7, 11) is 0. The Morgan fingerprint density at radius 3 is 1.82 bits per heavy atom. The standard InChI is InChI=1S/C22H18O3.2ClH.Zn/c1-2-24-22(23)16-10-4-3-9-15(16)21-17-11-5-7-13-19(17)25-20-14-8-6-12-18(20)21;;;/h3-14,21H,2H2,1H3;2*1H;/q;;;+2/p-2. The van der Waals surface area contributed by atoms with Gasteiger partial charge in [-0.2, -0.15) is 0 Å². The van der Waals surface area contributed by atoms with Crippen molar-refractivity contribution in [2.75, 3.05) is 6.61 Å². The van der Waals surface area contributed by atoms with Gasteiger partial charge in [0, 0.05) is 17.0 Å². The number of halogens is 2. The van der Waals surface area contributed by atoms with Gasteiger partial charge in [0.2, 0.25) is 0 Å². The smallest absolute Gasteiger partial charge is 1.00 e. The number of benzene rings is 3. The molecule has 3 aromatic carbocycles. The Morgan fingerprint density at radius 1 is 0.821 bits per heavy atom. The molecule has 0 radical (unpaired) electrons. The molecule has 0 saturated carbocycles. The predicted octanol–water partition coefficient (Wildman–Crippen LogP) is -0.845. The minimum Gasteiger partial charge on any atom is -1.00 e. The number of ether oxygens (including phenoxy) is 2. The minimum absolute atomic E-state index is 0. The number of para-hydroxylation sites is 2. The Morgan fingerprint density at radius 2 is 1.29 bits per heavy atom. The zero-order valence-electron chi connectivity index (χ0n) is 15.4. The molecule has 140 valence electrons. The number of carbonyl (C=O) groups excluding carboxylic acids is 1. The molecule has 0 aliphatic carbocycles. The molecular formula is C22H18Cl2O3Zn. The number of hydrogen-bond acceptors (Lipinski definition) is 3. The van der Waals surface area contributed by atoms with Crippen molar-refractivity contribution >= 4 is 5.97 Å². The third kappa shape index (κ3) is 4.41. The van der Waals surface area contributed by atoms with Gasteiger partial charge in [0.15, 0.2) is 0 Å². The summed E-state index contributed by atoms with van der Waals surface area (Å²) in [4.78, 5) is 12.5. The van der Waals surface area contributed by atoms with Crippen LogP contribution >= 0.6 is 0 Å². The Kier molecular flexibility index (Phi) is 9.16. The van der Waals surface area contributed by atoms with Crippen molar-refractivity contribution in [2.45, 2.75) is 12.8 Å². The molecule has 6 heteroatoms. The molecule has 0 spiro atoms. The molecule has 3 nitrogen and oxygen atoms in total. The van der Waals surface area contributed by atoms with E-state index in [0.29, 0.717) is 12.2 Å². The van der Waals surface area contributed by atoms with Crippen molar-refractivity contribution in [1.29, 1.82) is 0 Å². The van der Waals surface area contributed by atoms with Crippen LogP contribution in [0.25, 0.3) is 0 Å². The van der Waals surface area contributed by atoms with Gasteiger partial charge in [-0.1, -0.05) is 54.6 Å². The SMILES string of the molecule is CCOC(=O)c1ccccc1C1c2ccccc2Oc2ccccc21.[Cl-].[Cl-].[Zn+2]. The number of carbonyl (C=O) groups is 1. The second-order valence-electron chi connectivity index (χ2n) is 5.92. The molecule has 0 unspecified atom stereocenters. The number of rotatable bonds is 3. The average molecular weight is 467 g/mol. The van der Waals surface area contributed by atoms with Crippen molar-refractivity contribution in [3.8, 4) is 11.5 Å². The van der Waals surface area contributed by atoms with Crippen LogP contribution in [0.4, 0.5) is 0 Å². The Balaban J connectivity index is 0.00000131. The van der Waals surface area contributed by atoms with E-state index < -0.39 is 0 Å². The summed E-state index contributed by atoms with van der Waals surface area (Å²) in [6.45, 7) is 2.17. The van der Waals surface area contributed by atoms with E-state index in [1.165, 1.54) is 0 Å². The van der Waals surface area contributed by atoms with E-state index in [2.05, 4.69) is 12.1 Å². The molecule has 0 saturated heterocycles. The molecule has 0 amide bonds. The van der Waals surface area contributed by atoms with E-state index in [1.54, 1.807) is 0 Å². The first-order valence-corrected chi connectivity index (χ1v) is 8.41. The molecule has 4 rings (SSSR count). The average Bonchev–Trinajstić information content (AvgIpc) is 2.66. The molecule has 0 fully saturated rings. The van der Waals surface area contributed by atoms with Crippen LogP contribution in [-0.4, -0.2) is 12.6 Å². The largest absolute Gasteiger partial charge is 2.00 e. The maximum Gasteiger partial charge on any atom is 2.00 e. The van der Waals surface area contributed by atoms with Crippen LogP contribution < -0.4 is 29.6 Å². The molecule has 1 heterocycles. The summed E-state index contributed by atoms with van der Waals surface area (Å²) in [5.41, 5.74) is 3.64. The molecule has 0 bridgehead atoms. The van der Waals surface area contributed by atoms with Gasteiger partial charge in [-0.05, 0) is 30.7 Å². The Labute approximate surface area is 190 Å². The fourth-order valence-electron chi connectivity index (χ4n) is 3.39. The fraction of sp³-hybridized carbons (Fsp3) is 0.136.